The summed E-state index contributed by atoms with van der Waals surface area (Å²) < 4.78 is 0. The minimum atomic E-state index is -0.680. The van der Waals surface area contributed by atoms with Crippen LogP contribution in [0.1, 0.15) is 36.7 Å². The van der Waals surface area contributed by atoms with Crippen LogP contribution in [0.15, 0.2) is 24.3 Å². The van der Waals surface area contributed by atoms with E-state index in [9.17, 15) is 9.90 Å². The number of carbonyl (C=O) groups is 1. The van der Waals surface area contributed by atoms with E-state index in [1.807, 2.05) is 43.0 Å². The number of aliphatic hydroxyl groups is 1. The van der Waals surface area contributed by atoms with Crippen molar-refractivity contribution >= 4 is 5.91 Å². The molecule has 4 heteroatoms. The third kappa shape index (κ3) is 4.29. The first kappa shape index (κ1) is 16.0. The average molecular weight is 290 g/mol. The van der Waals surface area contributed by atoms with E-state index in [2.05, 4.69) is 11.8 Å². The molecule has 1 fully saturated rings. The van der Waals surface area contributed by atoms with Gasteiger partial charge in [-0.05, 0) is 31.9 Å². The summed E-state index contributed by atoms with van der Waals surface area (Å²) in [4.78, 5) is 16.8. The zero-order valence-electron chi connectivity index (χ0n) is 13.3. The Hall–Kier alpha value is -1.39. The van der Waals surface area contributed by atoms with Gasteiger partial charge < -0.3 is 10.0 Å². The molecule has 0 aromatic heterocycles. The molecule has 4 nitrogen and oxygen atoms in total. The number of hydrogen-bond donors (Lipinski definition) is 1. The largest absolute Gasteiger partial charge is 0.389 e. The van der Waals surface area contributed by atoms with Gasteiger partial charge in [0.15, 0.2) is 0 Å². The van der Waals surface area contributed by atoms with Crippen LogP contribution in [-0.2, 0) is 6.42 Å². The van der Waals surface area contributed by atoms with Gasteiger partial charge in [-0.25, -0.2) is 0 Å². The van der Waals surface area contributed by atoms with Crippen molar-refractivity contribution in [3.63, 3.8) is 0 Å². The van der Waals surface area contributed by atoms with E-state index < -0.39 is 5.60 Å². The van der Waals surface area contributed by atoms with E-state index in [-0.39, 0.29) is 5.91 Å². The SMILES string of the molecule is CCc1ccccc1C(=O)N1CCN(CC(C)(C)O)CC1. The highest BCUT2D eigenvalue weighted by Gasteiger charge is 2.26. The van der Waals surface area contributed by atoms with E-state index >= 15 is 0 Å². The second kappa shape index (κ2) is 6.58. The number of β-amino-alcohol motifs (C(OH)–C–C–N with tert-alkyl or cyclic N) is 1. The number of amides is 1. The molecule has 1 N–H and O–H groups in total. The zero-order valence-corrected chi connectivity index (χ0v) is 13.3. The topological polar surface area (TPSA) is 43.8 Å². The smallest absolute Gasteiger partial charge is 0.254 e. The van der Waals surface area contributed by atoms with Crippen LogP contribution in [0.3, 0.4) is 0 Å². The van der Waals surface area contributed by atoms with Gasteiger partial charge in [0.25, 0.3) is 5.91 Å². The first-order chi connectivity index (χ1) is 9.90. The average Bonchev–Trinajstić information content (AvgIpc) is 2.45. The lowest BCUT2D eigenvalue weighted by Gasteiger charge is -2.37. The van der Waals surface area contributed by atoms with Gasteiger partial charge in [0.05, 0.1) is 5.60 Å². The van der Waals surface area contributed by atoms with Crippen molar-refractivity contribution < 1.29 is 9.90 Å². The number of carbonyl (C=O) groups excluding carboxylic acids is 1. The van der Waals surface area contributed by atoms with Gasteiger partial charge in [0, 0.05) is 38.3 Å². The van der Waals surface area contributed by atoms with Crippen LogP contribution < -0.4 is 0 Å². The van der Waals surface area contributed by atoms with Crippen molar-refractivity contribution in [2.75, 3.05) is 32.7 Å². The predicted molar refractivity (Wildman–Crippen MR) is 84.5 cm³/mol. The molecule has 0 bridgehead atoms. The number of benzene rings is 1. The third-order valence-electron chi connectivity index (χ3n) is 3.90. The van der Waals surface area contributed by atoms with Gasteiger partial charge in [-0.2, -0.15) is 0 Å². The molecule has 116 valence electrons. The number of rotatable bonds is 4. The van der Waals surface area contributed by atoms with Crippen LogP contribution in [0.25, 0.3) is 0 Å². The Labute approximate surface area is 127 Å². The summed E-state index contributed by atoms with van der Waals surface area (Å²) in [6.45, 7) is 9.48. The monoisotopic (exact) mass is 290 g/mol. The Morgan fingerprint density at radius 1 is 1.19 bits per heavy atom. The van der Waals surface area contributed by atoms with Crippen LogP contribution in [0.2, 0.25) is 0 Å². The first-order valence-electron chi connectivity index (χ1n) is 7.72. The van der Waals surface area contributed by atoms with Gasteiger partial charge in [-0.3, -0.25) is 9.69 Å². The lowest BCUT2D eigenvalue weighted by Crippen LogP contribution is -2.52. The highest BCUT2D eigenvalue weighted by Crippen LogP contribution is 2.15. The molecule has 0 unspecified atom stereocenters. The molecule has 0 radical (unpaired) electrons. The minimum Gasteiger partial charge on any atom is -0.389 e. The van der Waals surface area contributed by atoms with Gasteiger partial charge in [0.2, 0.25) is 0 Å². The van der Waals surface area contributed by atoms with E-state index in [0.29, 0.717) is 6.54 Å². The lowest BCUT2D eigenvalue weighted by molar-refractivity contribution is 0.0178. The summed E-state index contributed by atoms with van der Waals surface area (Å²) in [5.74, 6) is 0.135. The van der Waals surface area contributed by atoms with Gasteiger partial charge >= 0.3 is 0 Å². The molecule has 0 aliphatic carbocycles. The number of piperazine rings is 1. The summed E-state index contributed by atoms with van der Waals surface area (Å²) in [5, 5.41) is 9.87. The summed E-state index contributed by atoms with van der Waals surface area (Å²) in [7, 11) is 0. The fraction of sp³-hybridized carbons (Fsp3) is 0.588. The summed E-state index contributed by atoms with van der Waals surface area (Å²) in [6, 6.07) is 7.86. The Bertz CT molecular complexity index is 486. The highest BCUT2D eigenvalue weighted by molar-refractivity contribution is 5.95. The molecule has 0 saturated carbocycles. The molecular formula is C17H26N2O2. The Balaban J connectivity index is 1.97. The second-order valence-corrected chi connectivity index (χ2v) is 6.39. The Morgan fingerprint density at radius 3 is 2.38 bits per heavy atom. The van der Waals surface area contributed by atoms with Crippen molar-refractivity contribution in [2.45, 2.75) is 32.8 Å². The predicted octanol–water partition coefficient (Wildman–Crippen LogP) is 1.78. The number of nitrogens with zero attached hydrogens (tertiary/aromatic N) is 2. The van der Waals surface area contributed by atoms with Crippen LogP contribution in [0.5, 0.6) is 0 Å². The first-order valence-corrected chi connectivity index (χ1v) is 7.72. The number of aryl methyl sites for hydroxylation is 1. The molecule has 1 aromatic rings. The van der Waals surface area contributed by atoms with Crippen LogP contribution in [-0.4, -0.2) is 59.1 Å². The number of hydrogen-bond acceptors (Lipinski definition) is 3. The fourth-order valence-electron chi connectivity index (χ4n) is 2.86. The second-order valence-electron chi connectivity index (χ2n) is 6.39. The standard InChI is InChI=1S/C17H26N2O2/c1-4-14-7-5-6-8-15(14)16(20)19-11-9-18(10-12-19)13-17(2,3)21/h5-8,21H,4,9-13H2,1-3H3. The summed E-state index contributed by atoms with van der Waals surface area (Å²) in [5.41, 5.74) is 1.26. The van der Waals surface area contributed by atoms with Crippen molar-refractivity contribution in [1.29, 1.82) is 0 Å². The van der Waals surface area contributed by atoms with E-state index in [1.165, 1.54) is 0 Å². The van der Waals surface area contributed by atoms with Crippen molar-refractivity contribution in [1.82, 2.24) is 9.80 Å². The fourth-order valence-corrected chi connectivity index (χ4v) is 2.86. The maximum Gasteiger partial charge on any atom is 0.254 e. The van der Waals surface area contributed by atoms with E-state index in [4.69, 9.17) is 0 Å². The van der Waals surface area contributed by atoms with Crippen molar-refractivity contribution in [2.24, 2.45) is 0 Å². The quantitative estimate of drug-likeness (QED) is 0.919. The molecule has 0 spiro atoms. The van der Waals surface area contributed by atoms with E-state index in [0.717, 1.165) is 43.7 Å². The Kier molecular flexibility index (Phi) is 5.01. The molecule has 1 aliphatic heterocycles. The van der Waals surface area contributed by atoms with Gasteiger partial charge in [0.1, 0.15) is 0 Å². The molecule has 21 heavy (non-hydrogen) atoms. The summed E-state index contributed by atoms with van der Waals surface area (Å²) >= 11 is 0. The molecule has 0 atom stereocenters. The Morgan fingerprint density at radius 2 is 1.81 bits per heavy atom. The minimum absolute atomic E-state index is 0.135. The van der Waals surface area contributed by atoms with E-state index in [1.54, 1.807) is 0 Å². The maximum atomic E-state index is 12.6. The maximum absolute atomic E-state index is 12.6. The van der Waals surface area contributed by atoms with Crippen LogP contribution in [0, 0.1) is 0 Å². The highest BCUT2D eigenvalue weighted by atomic mass is 16.3. The molecule has 1 heterocycles. The molecule has 1 amide bonds. The van der Waals surface area contributed by atoms with Gasteiger partial charge in [-0.15, -0.1) is 0 Å². The summed E-state index contributed by atoms with van der Waals surface area (Å²) in [6.07, 6.45) is 0.876. The lowest BCUT2D eigenvalue weighted by atomic mass is 10.0. The third-order valence-corrected chi connectivity index (χ3v) is 3.90. The zero-order chi connectivity index (χ0) is 15.5. The van der Waals surface area contributed by atoms with Crippen LogP contribution in [0.4, 0.5) is 0 Å². The van der Waals surface area contributed by atoms with Crippen molar-refractivity contribution in [3.8, 4) is 0 Å². The molecule has 2 rings (SSSR count). The van der Waals surface area contributed by atoms with Crippen molar-refractivity contribution in [3.05, 3.63) is 35.4 Å². The molecule has 1 saturated heterocycles. The molecule has 1 aromatic carbocycles. The molecular weight excluding hydrogens is 264 g/mol. The molecule has 1 aliphatic rings. The van der Waals surface area contributed by atoms with Crippen LogP contribution >= 0.6 is 0 Å². The van der Waals surface area contributed by atoms with Gasteiger partial charge in [-0.1, -0.05) is 25.1 Å². The normalized spacial score (nSPS) is 17.0.